The van der Waals surface area contributed by atoms with Crippen LogP contribution in [0.3, 0.4) is 0 Å². The van der Waals surface area contributed by atoms with E-state index in [1.54, 1.807) is 6.92 Å². The van der Waals surface area contributed by atoms with E-state index >= 15 is 0 Å². The topological polar surface area (TPSA) is 62.2 Å². The Morgan fingerprint density at radius 3 is 2.40 bits per heavy atom. The quantitative estimate of drug-likeness (QED) is 0.830. The second-order valence-corrected chi connectivity index (χ2v) is 4.88. The molecule has 1 heterocycles. The standard InChI is InChI=1S/C13H9Cl2FN2O2/c1-6-2-7(13(19)20)3-11(17-6)18-8-4-9(14)12(16)10(15)5-8/h2-5H,1H3,(H,17,18)(H,19,20). The number of hydrogen-bond donors (Lipinski definition) is 2. The lowest BCUT2D eigenvalue weighted by Crippen LogP contribution is -2.02. The summed E-state index contributed by atoms with van der Waals surface area (Å²) in [4.78, 5) is 15.1. The van der Waals surface area contributed by atoms with Gasteiger partial charge in [-0.2, -0.15) is 0 Å². The van der Waals surface area contributed by atoms with Gasteiger partial charge in [0.05, 0.1) is 15.6 Å². The van der Waals surface area contributed by atoms with Gasteiger partial charge in [-0.25, -0.2) is 14.2 Å². The minimum atomic E-state index is -1.06. The number of rotatable bonds is 3. The van der Waals surface area contributed by atoms with Gasteiger partial charge in [0, 0.05) is 11.4 Å². The normalized spacial score (nSPS) is 10.4. The van der Waals surface area contributed by atoms with E-state index in [0.29, 0.717) is 17.2 Å². The molecule has 0 fully saturated rings. The summed E-state index contributed by atoms with van der Waals surface area (Å²) < 4.78 is 13.3. The van der Waals surface area contributed by atoms with Gasteiger partial charge >= 0.3 is 5.97 Å². The molecule has 0 radical (unpaired) electrons. The van der Waals surface area contributed by atoms with Crippen LogP contribution in [0.25, 0.3) is 0 Å². The van der Waals surface area contributed by atoms with Crippen LogP contribution in [0.5, 0.6) is 0 Å². The lowest BCUT2D eigenvalue weighted by atomic mass is 10.2. The fourth-order valence-corrected chi connectivity index (χ4v) is 2.12. The van der Waals surface area contributed by atoms with Crippen LogP contribution in [-0.4, -0.2) is 16.1 Å². The first-order valence-corrected chi connectivity index (χ1v) is 6.26. The zero-order valence-electron chi connectivity index (χ0n) is 10.2. The Bertz CT molecular complexity index is 669. The van der Waals surface area contributed by atoms with Crippen molar-refractivity contribution in [2.24, 2.45) is 0 Å². The van der Waals surface area contributed by atoms with Crippen LogP contribution in [0, 0.1) is 12.7 Å². The Balaban J connectivity index is 2.37. The Labute approximate surface area is 124 Å². The lowest BCUT2D eigenvalue weighted by Gasteiger charge is -2.09. The molecule has 104 valence electrons. The van der Waals surface area contributed by atoms with Crippen molar-refractivity contribution < 1.29 is 14.3 Å². The molecule has 0 unspecified atom stereocenters. The number of halogens is 3. The number of anilines is 2. The minimum Gasteiger partial charge on any atom is -0.478 e. The predicted molar refractivity (Wildman–Crippen MR) is 75.6 cm³/mol. The van der Waals surface area contributed by atoms with Crippen molar-refractivity contribution in [1.82, 2.24) is 4.98 Å². The number of aromatic carboxylic acids is 1. The average Bonchev–Trinajstić information content (AvgIpc) is 2.35. The number of carboxylic acid groups (broad SMARTS) is 1. The summed E-state index contributed by atoms with van der Waals surface area (Å²) in [6, 6.07) is 5.49. The van der Waals surface area contributed by atoms with E-state index in [1.165, 1.54) is 24.3 Å². The minimum absolute atomic E-state index is 0.0966. The van der Waals surface area contributed by atoms with Crippen LogP contribution in [0.1, 0.15) is 16.1 Å². The van der Waals surface area contributed by atoms with E-state index in [1.807, 2.05) is 0 Å². The number of nitrogens with zero attached hydrogens (tertiary/aromatic N) is 1. The average molecular weight is 315 g/mol. The highest BCUT2D eigenvalue weighted by atomic mass is 35.5. The van der Waals surface area contributed by atoms with Gasteiger partial charge in [0.2, 0.25) is 0 Å². The van der Waals surface area contributed by atoms with Gasteiger partial charge in [-0.1, -0.05) is 23.2 Å². The molecular weight excluding hydrogens is 306 g/mol. The molecule has 0 saturated heterocycles. The highest BCUT2D eigenvalue weighted by Crippen LogP contribution is 2.29. The van der Waals surface area contributed by atoms with Crippen LogP contribution < -0.4 is 5.32 Å². The molecule has 0 bridgehead atoms. The fraction of sp³-hybridized carbons (Fsp3) is 0.0769. The number of aryl methyl sites for hydroxylation is 1. The number of carbonyl (C=O) groups is 1. The monoisotopic (exact) mass is 314 g/mol. The number of pyridine rings is 1. The molecule has 20 heavy (non-hydrogen) atoms. The third-order valence-corrected chi connectivity index (χ3v) is 3.01. The summed E-state index contributed by atoms with van der Waals surface area (Å²) >= 11 is 11.4. The van der Waals surface area contributed by atoms with Gasteiger partial charge < -0.3 is 10.4 Å². The van der Waals surface area contributed by atoms with E-state index in [2.05, 4.69) is 10.3 Å². The molecule has 7 heteroatoms. The molecule has 2 rings (SSSR count). The molecule has 0 atom stereocenters. The fourth-order valence-electron chi connectivity index (χ4n) is 1.63. The lowest BCUT2D eigenvalue weighted by molar-refractivity contribution is 0.0696. The van der Waals surface area contributed by atoms with Crippen molar-refractivity contribution in [3.8, 4) is 0 Å². The molecule has 0 saturated carbocycles. The predicted octanol–water partition coefficient (Wildman–Crippen LogP) is 4.28. The molecule has 0 aliphatic heterocycles. The van der Waals surface area contributed by atoms with Crippen molar-refractivity contribution in [1.29, 1.82) is 0 Å². The van der Waals surface area contributed by atoms with Gasteiger partial charge in [-0.05, 0) is 31.2 Å². The van der Waals surface area contributed by atoms with Crippen LogP contribution in [-0.2, 0) is 0 Å². The summed E-state index contributed by atoms with van der Waals surface area (Å²) in [5.41, 5.74) is 1.04. The van der Waals surface area contributed by atoms with Crippen molar-refractivity contribution in [2.45, 2.75) is 6.92 Å². The zero-order valence-corrected chi connectivity index (χ0v) is 11.8. The second kappa shape index (κ2) is 5.64. The summed E-state index contributed by atoms with van der Waals surface area (Å²) in [6.45, 7) is 1.67. The van der Waals surface area contributed by atoms with Gasteiger partial charge in [-0.3, -0.25) is 0 Å². The van der Waals surface area contributed by atoms with Gasteiger partial charge in [0.1, 0.15) is 5.82 Å². The number of hydrogen-bond acceptors (Lipinski definition) is 3. The van der Waals surface area contributed by atoms with Crippen molar-refractivity contribution in [2.75, 3.05) is 5.32 Å². The first-order valence-electron chi connectivity index (χ1n) is 5.50. The molecule has 0 amide bonds. The first-order chi connectivity index (χ1) is 9.36. The maximum atomic E-state index is 13.3. The van der Waals surface area contributed by atoms with Crippen LogP contribution >= 0.6 is 23.2 Å². The van der Waals surface area contributed by atoms with Gasteiger partial charge in [-0.15, -0.1) is 0 Å². The van der Waals surface area contributed by atoms with E-state index in [0.717, 1.165) is 0 Å². The Morgan fingerprint density at radius 2 is 1.85 bits per heavy atom. The molecule has 1 aromatic heterocycles. The summed E-state index contributed by atoms with van der Waals surface area (Å²) in [5.74, 6) is -1.46. The third kappa shape index (κ3) is 3.18. The number of carboxylic acids is 1. The third-order valence-electron chi connectivity index (χ3n) is 2.46. The van der Waals surface area contributed by atoms with Gasteiger partial charge in [0.15, 0.2) is 5.82 Å². The number of aromatic nitrogens is 1. The van der Waals surface area contributed by atoms with Crippen LogP contribution in [0.15, 0.2) is 24.3 Å². The summed E-state index contributed by atoms with van der Waals surface area (Å²) in [6.07, 6.45) is 0. The van der Waals surface area contributed by atoms with Crippen LogP contribution in [0.4, 0.5) is 15.9 Å². The SMILES string of the molecule is Cc1cc(C(=O)O)cc(Nc2cc(Cl)c(F)c(Cl)c2)n1. The molecule has 2 aromatic rings. The van der Waals surface area contributed by atoms with E-state index in [9.17, 15) is 9.18 Å². The largest absolute Gasteiger partial charge is 0.478 e. The number of nitrogens with one attached hydrogen (secondary N) is 1. The van der Waals surface area contributed by atoms with E-state index in [4.69, 9.17) is 28.3 Å². The highest BCUT2D eigenvalue weighted by molar-refractivity contribution is 6.35. The number of benzene rings is 1. The molecular formula is C13H9Cl2FN2O2. The van der Waals surface area contributed by atoms with Crippen molar-refractivity contribution in [3.05, 3.63) is 51.4 Å². The van der Waals surface area contributed by atoms with Crippen molar-refractivity contribution >= 4 is 40.7 Å². The maximum absolute atomic E-state index is 13.3. The smallest absolute Gasteiger partial charge is 0.335 e. The Kier molecular flexibility index (Phi) is 4.11. The zero-order chi connectivity index (χ0) is 14.9. The maximum Gasteiger partial charge on any atom is 0.335 e. The first kappa shape index (κ1) is 14.6. The molecule has 0 spiro atoms. The van der Waals surface area contributed by atoms with Crippen molar-refractivity contribution in [3.63, 3.8) is 0 Å². The van der Waals surface area contributed by atoms with Gasteiger partial charge in [0.25, 0.3) is 0 Å². The molecule has 4 nitrogen and oxygen atoms in total. The Hall–Kier alpha value is -1.85. The van der Waals surface area contributed by atoms with Crippen LogP contribution in [0.2, 0.25) is 10.0 Å². The molecule has 0 aliphatic rings. The molecule has 2 N–H and O–H groups in total. The molecule has 1 aromatic carbocycles. The second-order valence-electron chi connectivity index (χ2n) is 4.07. The molecule has 0 aliphatic carbocycles. The summed E-state index contributed by atoms with van der Waals surface area (Å²) in [5, 5.41) is 11.5. The highest BCUT2D eigenvalue weighted by Gasteiger charge is 2.10. The summed E-state index contributed by atoms with van der Waals surface area (Å²) in [7, 11) is 0. The van der Waals surface area contributed by atoms with E-state index in [-0.39, 0.29) is 15.6 Å². The van der Waals surface area contributed by atoms with E-state index < -0.39 is 11.8 Å². The Morgan fingerprint density at radius 1 is 1.25 bits per heavy atom.